The number of nitrogens with zero attached hydrogens (tertiary/aromatic N) is 3. The highest BCUT2D eigenvalue weighted by Gasteiger charge is 2.26. The molecular weight excluding hydrogens is 645 g/mol. The van der Waals surface area contributed by atoms with Crippen LogP contribution in [0.25, 0.3) is 33.5 Å². The molecule has 10 heteroatoms. The van der Waals surface area contributed by atoms with Crippen molar-refractivity contribution in [1.82, 2.24) is 14.5 Å². The molecule has 0 spiro atoms. The zero-order valence-electron chi connectivity index (χ0n) is 26.9. The molecule has 1 saturated heterocycles. The van der Waals surface area contributed by atoms with Crippen molar-refractivity contribution in [2.45, 2.75) is 63.7 Å². The van der Waals surface area contributed by atoms with Gasteiger partial charge >= 0.3 is 5.97 Å². The van der Waals surface area contributed by atoms with Gasteiger partial charge in [-0.2, -0.15) is 0 Å². The van der Waals surface area contributed by atoms with Crippen LogP contribution in [0.4, 0.5) is 4.39 Å². The fourth-order valence-corrected chi connectivity index (χ4v) is 7.19. The van der Waals surface area contributed by atoms with Crippen molar-refractivity contribution in [2.24, 2.45) is 0 Å². The van der Waals surface area contributed by atoms with Gasteiger partial charge in [0, 0.05) is 35.8 Å². The zero-order valence-corrected chi connectivity index (χ0v) is 27.7. The van der Waals surface area contributed by atoms with Gasteiger partial charge in [-0.05, 0) is 97.0 Å². The lowest BCUT2D eigenvalue weighted by Gasteiger charge is -2.29. The topological polar surface area (TPSA) is 105 Å². The van der Waals surface area contributed by atoms with Crippen molar-refractivity contribution in [3.8, 4) is 28.3 Å². The van der Waals surface area contributed by atoms with E-state index >= 15 is 4.39 Å². The van der Waals surface area contributed by atoms with E-state index in [1.165, 1.54) is 6.07 Å². The lowest BCUT2D eigenvalue weighted by Crippen LogP contribution is -2.40. The molecule has 2 fully saturated rings. The summed E-state index contributed by atoms with van der Waals surface area (Å²) in [4.78, 5) is 31.6. The van der Waals surface area contributed by atoms with E-state index in [1.54, 1.807) is 53.4 Å². The second kappa shape index (κ2) is 14.0. The molecule has 1 aliphatic carbocycles. The predicted octanol–water partition coefficient (Wildman–Crippen LogP) is 8.54. The standard InChI is InChI=1S/C39H37ClFN3O5/c40-28-10-6-24(7-11-28)32-13-8-25(38(46)43-18-16-30(45)17-19-43)20-27(32)23-49-31-12-14-33(34(41)22-31)37-42-35-21-26(39(47)48)9-15-36(35)44(37)29-4-2-1-3-5-29/h6-15,20-22,29-30,45H,1-5,16-19,23H2,(H,47,48). The van der Waals surface area contributed by atoms with E-state index in [4.69, 9.17) is 21.3 Å². The molecule has 1 saturated carbocycles. The van der Waals surface area contributed by atoms with Gasteiger partial charge in [0.25, 0.3) is 5.91 Å². The third-order valence-corrected chi connectivity index (χ3v) is 9.96. The average molecular weight is 682 g/mol. The van der Waals surface area contributed by atoms with Gasteiger partial charge in [-0.15, -0.1) is 0 Å². The molecule has 0 atom stereocenters. The van der Waals surface area contributed by atoms with Gasteiger partial charge < -0.3 is 24.4 Å². The summed E-state index contributed by atoms with van der Waals surface area (Å²) in [5.74, 6) is -0.864. The number of aliphatic hydroxyl groups excluding tert-OH is 1. The van der Waals surface area contributed by atoms with Crippen LogP contribution in [0.5, 0.6) is 5.75 Å². The molecule has 7 rings (SSSR count). The normalized spacial score (nSPS) is 15.9. The van der Waals surface area contributed by atoms with E-state index in [0.29, 0.717) is 59.2 Å². The largest absolute Gasteiger partial charge is 0.489 e. The molecule has 2 aliphatic rings. The van der Waals surface area contributed by atoms with Crippen LogP contribution in [-0.2, 0) is 6.61 Å². The van der Waals surface area contributed by atoms with Crippen molar-refractivity contribution >= 4 is 34.5 Å². The first-order valence-corrected chi connectivity index (χ1v) is 17.2. The summed E-state index contributed by atoms with van der Waals surface area (Å²) in [6.45, 7) is 1.06. The highest BCUT2D eigenvalue weighted by Crippen LogP contribution is 2.38. The lowest BCUT2D eigenvalue weighted by atomic mass is 9.94. The molecule has 49 heavy (non-hydrogen) atoms. The molecule has 2 N–H and O–H groups in total. The number of fused-ring (bicyclic) bond motifs is 1. The first-order chi connectivity index (χ1) is 23.7. The maximum Gasteiger partial charge on any atom is 0.335 e. The van der Waals surface area contributed by atoms with Crippen LogP contribution in [0.2, 0.25) is 5.02 Å². The van der Waals surface area contributed by atoms with E-state index in [0.717, 1.165) is 54.3 Å². The highest BCUT2D eigenvalue weighted by molar-refractivity contribution is 6.30. The number of hydrogen-bond acceptors (Lipinski definition) is 5. The summed E-state index contributed by atoms with van der Waals surface area (Å²) >= 11 is 6.15. The van der Waals surface area contributed by atoms with E-state index < -0.39 is 11.8 Å². The van der Waals surface area contributed by atoms with Gasteiger partial charge in [0.05, 0.1) is 28.3 Å². The number of halogens is 2. The molecule has 1 aliphatic heterocycles. The first kappa shape index (κ1) is 32.8. The maximum absolute atomic E-state index is 16.0. The third-order valence-electron chi connectivity index (χ3n) is 9.71. The summed E-state index contributed by atoms with van der Waals surface area (Å²) in [7, 11) is 0. The third kappa shape index (κ3) is 6.91. The molecule has 4 aromatic carbocycles. The van der Waals surface area contributed by atoms with E-state index in [1.807, 2.05) is 24.3 Å². The Balaban J connectivity index is 1.19. The second-order valence-electron chi connectivity index (χ2n) is 12.9. The Kier molecular flexibility index (Phi) is 9.38. The van der Waals surface area contributed by atoms with Crippen molar-refractivity contribution in [2.75, 3.05) is 13.1 Å². The van der Waals surface area contributed by atoms with Crippen LogP contribution in [0, 0.1) is 5.82 Å². The molecule has 1 aromatic heterocycles. The molecular formula is C39H37ClFN3O5. The molecule has 2 heterocycles. The Bertz CT molecular complexity index is 2010. The number of carboxylic acid groups (broad SMARTS) is 1. The average Bonchev–Trinajstić information content (AvgIpc) is 3.50. The number of imidazole rings is 1. The smallest absolute Gasteiger partial charge is 0.335 e. The first-order valence-electron chi connectivity index (χ1n) is 16.8. The minimum absolute atomic E-state index is 0.0785. The van der Waals surface area contributed by atoms with Gasteiger partial charge in [0.2, 0.25) is 0 Å². The molecule has 0 unspecified atom stereocenters. The van der Waals surface area contributed by atoms with Crippen molar-refractivity contribution in [3.05, 3.63) is 106 Å². The Morgan fingerprint density at radius 3 is 2.29 bits per heavy atom. The fraction of sp³-hybridized carbons (Fsp3) is 0.308. The summed E-state index contributed by atoms with van der Waals surface area (Å²) in [6.07, 6.45) is 5.89. The van der Waals surface area contributed by atoms with Crippen LogP contribution in [0.3, 0.4) is 0 Å². The van der Waals surface area contributed by atoms with Crippen LogP contribution < -0.4 is 4.74 Å². The van der Waals surface area contributed by atoms with Gasteiger partial charge in [-0.1, -0.05) is 49.1 Å². The van der Waals surface area contributed by atoms with E-state index in [-0.39, 0.29) is 30.2 Å². The van der Waals surface area contributed by atoms with Crippen molar-refractivity contribution in [1.29, 1.82) is 0 Å². The predicted molar refractivity (Wildman–Crippen MR) is 187 cm³/mol. The molecule has 0 radical (unpaired) electrons. The number of aromatic nitrogens is 2. The SMILES string of the molecule is O=C(O)c1ccc2c(c1)nc(-c1ccc(OCc3cc(C(=O)N4CCC(O)CC4)ccc3-c3ccc(Cl)cc3)cc1F)n2C1CCCCC1. The van der Waals surface area contributed by atoms with Crippen molar-refractivity contribution < 1.29 is 28.9 Å². The number of benzene rings is 4. The second-order valence-corrected chi connectivity index (χ2v) is 13.4. The van der Waals surface area contributed by atoms with Gasteiger partial charge in [0.15, 0.2) is 0 Å². The minimum Gasteiger partial charge on any atom is -0.489 e. The zero-order chi connectivity index (χ0) is 34.1. The maximum atomic E-state index is 16.0. The summed E-state index contributed by atoms with van der Waals surface area (Å²) in [6, 6.07) is 22.7. The quantitative estimate of drug-likeness (QED) is 0.170. The summed E-state index contributed by atoms with van der Waals surface area (Å²) in [5.41, 5.74) is 4.78. The number of carboxylic acids is 1. The number of aromatic carboxylic acids is 1. The molecule has 252 valence electrons. The molecule has 1 amide bonds. The van der Waals surface area contributed by atoms with E-state index in [2.05, 4.69) is 4.57 Å². The minimum atomic E-state index is -1.04. The number of ether oxygens (including phenoxy) is 1. The van der Waals surface area contributed by atoms with E-state index in [9.17, 15) is 19.8 Å². The number of rotatable bonds is 8. The van der Waals surface area contributed by atoms with Gasteiger partial charge in [-0.3, -0.25) is 4.79 Å². The Hall–Kier alpha value is -4.73. The number of piperidine rings is 1. The fourth-order valence-electron chi connectivity index (χ4n) is 7.07. The Morgan fingerprint density at radius 1 is 0.857 bits per heavy atom. The molecule has 8 nitrogen and oxygen atoms in total. The van der Waals surface area contributed by atoms with Crippen LogP contribution in [0.15, 0.2) is 78.9 Å². The van der Waals surface area contributed by atoms with Crippen LogP contribution >= 0.6 is 11.6 Å². The van der Waals surface area contributed by atoms with Gasteiger partial charge in [-0.25, -0.2) is 14.2 Å². The van der Waals surface area contributed by atoms with Crippen LogP contribution in [-0.4, -0.2) is 55.7 Å². The number of hydrogen-bond donors (Lipinski definition) is 2. The monoisotopic (exact) mass is 681 g/mol. The molecule has 5 aromatic rings. The number of carbonyl (C=O) groups excluding carboxylic acids is 1. The number of likely N-dealkylation sites (tertiary alicyclic amines) is 1. The highest BCUT2D eigenvalue weighted by atomic mass is 35.5. The lowest BCUT2D eigenvalue weighted by molar-refractivity contribution is 0.0545. The van der Waals surface area contributed by atoms with Crippen LogP contribution in [0.1, 0.15) is 77.3 Å². The summed E-state index contributed by atoms with van der Waals surface area (Å²) < 4.78 is 24.3. The Morgan fingerprint density at radius 2 is 1.57 bits per heavy atom. The molecule has 0 bridgehead atoms. The van der Waals surface area contributed by atoms with Crippen molar-refractivity contribution in [3.63, 3.8) is 0 Å². The number of carbonyl (C=O) groups is 2. The number of amides is 1. The van der Waals surface area contributed by atoms with Gasteiger partial charge in [0.1, 0.15) is 24.0 Å². The Labute approximate surface area is 288 Å². The summed E-state index contributed by atoms with van der Waals surface area (Å²) in [5, 5.41) is 20.1. The number of aliphatic hydroxyl groups is 1.